The zero-order chi connectivity index (χ0) is 9.26. The van der Waals surface area contributed by atoms with Crippen molar-refractivity contribution in [1.29, 1.82) is 0 Å². The minimum Gasteiger partial charge on any atom is -0.339 e. The van der Waals surface area contributed by atoms with E-state index in [0.717, 1.165) is 19.5 Å². The third-order valence-electron chi connectivity index (χ3n) is 3.21. The largest absolute Gasteiger partial charge is 0.339 e. The molecular formula is C10H18N2O. The zero-order valence-corrected chi connectivity index (χ0v) is 8.25. The van der Waals surface area contributed by atoms with Crippen LogP contribution in [-0.2, 0) is 4.79 Å². The Bertz CT molecular complexity index is 201. The Morgan fingerprint density at radius 2 is 2.15 bits per heavy atom. The average Bonchev–Trinajstić information content (AvgIpc) is 2.01. The van der Waals surface area contributed by atoms with Gasteiger partial charge < -0.3 is 10.2 Å². The highest BCUT2D eigenvalue weighted by Gasteiger charge is 2.32. The molecular weight excluding hydrogens is 164 g/mol. The first kappa shape index (κ1) is 9.00. The molecule has 0 radical (unpaired) electrons. The summed E-state index contributed by atoms with van der Waals surface area (Å²) in [7, 11) is 0. The Morgan fingerprint density at radius 3 is 2.69 bits per heavy atom. The van der Waals surface area contributed by atoms with Crippen LogP contribution in [0.25, 0.3) is 0 Å². The lowest BCUT2D eigenvalue weighted by atomic mass is 9.99. The molecule has 2 fully saturated rings. The number of amides is 1. The number of hydrogen-bond donors (Lipinski definition) is 1. The predicted molar refractivity (Wildman–Crippen MR) is 51.4 cm³/mol. The molecule has 2 aliphatic heterocycles. The van der Waals surface area contributed by atoms with Gasteiger partial charge in [-0.25, -0.2) is 0 Å². The van der Waals surface area contributed by atoms with E-state index in [1.807, 2.05) is 0 Å². The molecule has 2 unspecified atom stereocenters. The SMILES string of the molecule is CC1CCCCN1C(=O)C1CCN1. The van der Waals surface area contributed by atoms with Gasteiger partial charge >= 0.3 is 0 Å². The number of rotatable bonds is 1. The second-order valence-corrected chi connectivity index (χ2v) is 4.17. The van der Waals surface area contributed by atoms with Gasteiger partial charge in [-0.05, 0) is 39.2 Å². The maximum Gasteiger partial charge on any atom is 0.239 e. The van der Waals surface area contributed by atoms with E-state index in [0.29, 0.717) is 11.9 Å². The molecule has 2 atom stereocenters. The van der Waals surface area contributed by atoms with Crippen molar-refractivity contribution >= 4 is 5.91 Å². The van der Waals surface area contributed by atoms with Gasteiger partial charge in [0.2, 0.25) is 5.91 Å². The van der Waals surface area contributed by atoms with Crippen molar-refractivity contribution in [2.45, 2.75) is 44.7 Å². The van der Waals surface area contributed by atoms with E-state index in [-0.39, 0.29) is 6.04 Å². The van der Waals surface area contributed by atoms with E-state index in [4.69, 9.17) is 0 Å². The highest BCUT2D eigenvalue weighted by atomic mass is 16.2. The molecule has 1 N–H and O–H groups in total. The van der Waals surface area contributed by atoms with E-state index >= 15 is 0 Å². The van der Waals surface area contributed by atoms with E-state index < -0.39 is 0 Å². The standard InChI is InChI=1S/C10H18N2O/c1-8-4-2-3-7-12(8)10(13)9-5-6-11-9/h8-9,11H,2-7H2,1H3. The molecule has 0 aliphatic carbocycles. The highest BCUT2D eigenvalue weighted by molar-refractivity contribution is 5.83. The Kier molecular flexibility index (Phi) is 2.54. The summed E-state index contributed by atoms with van der Waals surface area (Å²) in [5.74, 6) is 0.332. The third kappa shape index (κ3) is 1.70. The topological polar surface area (TPSA) is 32.3 Å². The first-order chi connectivity index (χ1) is 6.29. The molecule has 0 aromatic heterocycles. The molecule has 13 heavy (non-hydrogen) atoms. The van der Waals surface area contributed by atoms with Crippen LogP contribution in [0.4, 0.5) is 0 Å². The van der Waals surface area contributed by atoms with Crippen molar-refractivity contribution in [1.82, 2.24) is 10.2 Å². The molecule has 0 aromatic carbocycles. The molecule has 3 nitrogen and oxygen atoms in total. The lowest BCUT2D eigenvalue weighted by Gasteiger charge is -2.38. The number of hydrogen-bond acceptors (Lipinski definition) is 2. The molecule has 0 spiro atoms. The van der Waals surface area contributed by atoms with Crippen LogP contribution in [-0.4, -0.2) is 36.0 Å². The smallest absolute Gasteiger partial charge is 0.239 e. The van der Waals surface area contributed by atoms with Gasteiger partial charge in [0, 0.05) is 12.6 Å². The number of piperidine rings is 1. The summed E-state index contributed by atoms with van der Waals surface area (Å²) in [5.41, 5.74) is 0. The fourth-order valence-electron chi connectivity index (χ4n) is 2.13. The monoisotopic (exact) mass is 182 g/mol. The van der Waals surface area contributed by atoms with Crippen LogP contribution in [0.15, 0.2) is 0 Å². The van der Waals surface area contributed by atoms with Crippen LogP contribution in [0, 0.1) is 0 Å². The maximum atomic E-state index is 11.9. The maximum absolute atomic E-state index is 11.9. The van der Waals surface area contributed by atoms with Crippen molar-refractivity contribution in [3.05, 3.63) is 0 Å². The average molecular weight is 182 g/mol. The number of nitrogens with one attached hydrogen (secondary N) is 1. The van der Waals surface area contributed by atoms with Crippen LogP contribution in [0.1, 0.15) is 32.6 Å². The van der Waals surface area contributed by atoms with Gasteiger partial charge in [0.25, 0.3) is 0 Å². The van der Waals surface area contributed by atoms with Crippen LogP contribution >= 0.6 is 0 Å². The minimum absolute atomic E-state index is 0.139. The molecule has 2 heterocycles. The number of nitrogens with zero attached hydrogens (tertiary/aromatic N) is 1. The normalized spacial score (nSPS) is 34.1. The quantitative estimate of drug-likeness (QED) is 0.649. The molecule has 0 bridgehead atoms. The van der Waals surface area contributed by atoms with E-state index in [2.05, 4.69) is 17.1 Å². The first-order valence-corrected chi connectivity index (χ1v) is 5.33. The highest BCUT2D eigenvalue weighted by Crippen LogP contribution is 2.19. The summed E-state index contributed by atoms with van der Waals surface area (Å²) in [6.07, 6.45) is 4.67. The molecule has 3 heteroatoms. The molecule has 1 amide bonds. The summed E-state index contributed by atoms with van der Waals surface area (Å²) in [6, 6.07) is 0.601. The number of carbonyl (C=O) groups is 1. The summed E-state index contributed by atoms with van der Waals surface area (Å²) in [6.45, 7) is 4.15. The van der Waals surface area contributed by atoms with E-state index in [1.54, 1.807) is 0 Å². The second-order valence-electron chi connectivity index (χ2n) is 4.17. The third-order valence-corrected chi connectivity index (χ3v) is 3.21. The van der Waals surface area contributed by atoms with Crippen LogP contribution in [0.5, 0.6) is 0 Å². The van der Waals surface area contributed by atoms with Crippen molar-refractivity contribution in [2.24, 2.45) is 0 Å². The number of carbonyl (C=O) groups excluding carboxylic acids is 1. The zero-order valence-electron chi connectivity index (χ0n) is 8.25. The minimum atomic E-state index is 0.139. The van der Waals surface area contributed by atoms with Crippen molar-refractivity contribution in [3.8, 4) is 0 Å². The van der Waals surface area contributed by atoms with Gasteiger partial charge in [0.15, 0.2) is 0 Å². The Labute approximate surface area is 79.5 Å². The summed E-state index contributed by atoms with van der Waals surface area (Å²) >= 11 is 0. The molecule has 2 aliphatic rings. The van der Waals surface area contributed by atoms with Crippen LogP contribution in [0.2, 0.25) is 0 Å². The summed E-state index contributed by atoms with van der Waals surface area (Å²) in [4.78, 5) is 13.9. The fraction of sp³-hybridized carbons (Fsp3) is 0.900. The predicted octanol–water partition coefficient (Wildman–Crippen LogP) is 0.749. The molecule has 2 saturated heterocycles. The van der Waals surface area contributed by atoms with Gasteiger partial charge in [0.1, 0.15) is 0 Å². The lowest BCUT2D eigenvalue weighted by molar-refractivity contribution is -0.138. The Hall–Kier alpha value is -0.570. The molecule has 0 saturated carbocycles. The molecule has 74 valence electrons. The van der Waals surface area contributed by atoms with E-state index in [9.17, 15) is 4.79 Å². The van der Waals surface area contributed by atoms with Gasteiger partial charge in [-0.15, -0.1) is 0 Å². The fourth-order valence-corrected chi connectivity index (χ4v) is 2.13. The van der Waals surface area contributed by atoms with Crippen LogP contribution in [0.3, 0.4) is 0 Å². The Morgan fingerprint density at radius 1 is 1.38 bits per heavy atom. The van der Waals surface area contributed by atoms with Gasteiger partial charge in [-0.1, -0.05) is 0 Å². The van der Waals surface area contributed by atoms with Crippen LogP contribution < -0.4 is 5.32 Å². The molecule has 0 aromatic rings. The van der Waals surface area contributed by atoms with Crippen molar-refractivity contribution < 1.29 is 4.79 Å². The second kappa shape index (κ2) is 3.66. The van der Waals surface area contributed by atoms with E-state index in [1.165, 1.54) is 19.3 Å². The lowest BCUT2D eigenvalue weighted by Crippen LogP contribution is -2.57. The van der Waals surface area contributed by atoms with Gasteiger partial charge in [0.05, 0.1) is 6.04 Å². The summed E-state index contributed by atoms with van der Waals surface area (Å²) < 4.78 is 0. The summed E-state index contributed by atoms with van der Waals surface area (Å²) in [5, 5.41) is 3.17. The first-order valence-electron chi connectivity index (χ1n) is 5.33. The number of likely N-dealkylation sites (tertiary alicyclic amines) is 1. The van der Waals surface area contributed by atoms with Crippen molar-refractivity contribution in [3.63, 3.8) is 0 Å². The van der Waals surface area contributed by atoms with Crippen molar-refractivity contribution in [2.75, 3.05) is 13.1 Å². The van der Waals surface area contributed by atoms with Gasteiger partial charge in [-0.2, -0.15) is 0 Å². The Balaban J connectivity index is 1.93. The van der Waals surface area contributed by atoms with Gasteiger partial charge in [-0.3, -0.25) is 4.79 Å². The molecule has 2 rings (SSSR count).